The summed E-state index contributed by atoms with van der Waals surface area (Å²) in [6.45, 7) is 7.73. The Morgan fingerprint density at radius 2 is 2.00 bits per heavy atom. The lowest BCUT2D eigenvalue weighted by Crippen LogP contribution is -2.18. The molecule has 2 atom stereocenters. The van der Waals surface area contributed by atoms with Crippen molar-refractivity contribution in [1.82, 2.24) is 0 Å². The van der Waals surface area contributed by atoms with Crippen molar-refractivity contribution in [2.45, 2.75) is 40.0 Å². The van der Waals surface area contributed by atoms with Gasteiger partial charge in [0.25, 0.3) is 5.91 Å². The highest BCUT2D eigenvalue weighted by Gasteiger charge is 2.29. The van der Waals surface area contributed by atoms with E-state index in [9.17, 15) is 9.18 Å². The van der Waals surface area contributed by atoms with Gasteiger partial charge in [0.2, 0.25) is 8.38 Å². The summed E-state index contributed by atoms with van der Waals surface area (Å²) in [4.78, 5) is 19.8. The lowest BCUT2D eigenvalue weighted by molar-refractivity contribution is -0.146. The van der Waals surface area contributed by atoms with Gasteiger partial charge in [-0.05, 0) is 13.3 Å². The summed E-state index contributed by atoms with van der Waals surface area (Å²) < 4.78 is 21.9. The summed E-state index contributed by atoms with van der Waals surface area (Å²) in [7, 11) is -2.34. The Bertz CT molecular complexity index is 157. The molecule has 0 aromatic rings. The predicted molar refractivity (Wildman–Crippen MR) is 58.3 cm³/mol. The van der Waals surface area contributed by atoms with Gasteiger partial charge in [-0.3, -0.25) is 0 Å². The number of rotatable bonds is 6. The van der Waals surface area contributed by atoms with Crippen LogP contribution in [0.2, 0.25) is 0 Å². The van der Waals surface area contributed by atoms with E-state index in [1.54, 1.807) is 13.8 Å². The standard InChI is InChI=1S/C7H14FO4P.C2H6/c1-3-5-11-7(9)6(8)13(10)12-4-2;1-2/h6,10H,3-5H2,1-2H3;1-2H3. The van der Waals surface area contributed by atoms with E-state index in [0.717, 1.165) is 0 Å². The summed E-state index contributed by atoms with van der Waals surface area (Å²) >= 11 is 0. The Labute approximate surface area is 91.7 Å². The van der Waals surface area contributed by atoms with Crippen molar-refractivity contribution in [2.75, 3.05) is 13.2 Å². The third-order valence-electron chi connectivity index (χ3n) is 1.10. The number of halogens is 1. The van der Waals surface area contributed by atoms with E-state index >= 15 is 0 Å². The van der Waals surface area contributed by atoms with E-state index in [4.69, 9.17) is 4.89 Å². The molecule has 0 radical (unpaired) electrons. The third kappa shape index (κ3) is 8.73. The Hall–Kier alpha value is -0.250. The van der Waals surface area contributed by atoms with Crippen molar-refractivity contribution in [3.63, 3.8) is 0 Å². The van der Waals surface area contributed by atoms with Crippen LogP contribution in [0.4, 0.5) is 4.39 Å². The number of alkyl halides is 1. The Morgan fingerprint density at radius 1 is 1.47 bits per heavy atom. The summed E-state index contributed by atoms with van der Waals surface area (Å²) in [5.74, 6) is -3.11. The minimum Gasteiger partial charge on any atom is -0.463 e. The van der Waals surface area contributed by atoms with E-state index in [2.05, 4.69) is 9.26 Å². The van der Waals surface area contributed by atoms with Gasteiger partial charge in [-0.2, -0.15) is 0 Å². The Morgan fingerprint density at radius 3 is 2.40 bits per heavy atom. The molecular weight excluding hydrogens is 222 g/mol. The van der Waals surface area contributed by atoms with Gasteiger partial charge in [0.15, 0.2) is 0 Å². The van der Waals surface area contributed by atoms with Crippen LogP contribution >= 0.6 is 8.38 Å². The molecule has 0 spiro atoms. The number of hydrogen-bond acceptors (Lipinski definition) is 4. The molecule has 0 aromatic carbocycles. The predicted octanol–water partition coefficient (Wildman–Crippen LogP) is 2.60. The maximum absolute atomic E-state index is 12.9. The number of carbonyl (C=O) groups excluding carboxylic acids is 1. The van der Waals surface area contributed by atoms with E-state index in [-0.39, 0.29) is 13.2 Å². The largest absolute Gasteiger partial charge is 0.463 e. The normalized spacial score (nSPS) is 13.5. The maximum Gasteiger partial charge on any atom is 0.350 e. The van der Waals surface area contributed by atoms with Crippen LogP contribution in [0.3, 0.4) is 0 Å². The molecule has 0 rings (SSSR count). The number of ether oxygens (including phenoxy) is 1. The molecule has 1 N–H and O–H groups in total. The molecule has 0 saturated heterocycles. The second kappa shape index (κ2) is 11.8. The van der Waals surface area contributed by atoms with Crippen molar-refractivity contribution < 1.29 is 23.3 Å². The highest BCUT2D eigenvalue weighted by molar-refractivity contribution is 7.47. The molecule has 0 aliphatic heterocycles. The van der Waals surface area contributed by atoms with Gasteiger partial charge in [-0.25, -0.2) is 9.18 Å². The molecule has 0 bridgehead atoms. The van der Waals surface area contributed by atoms with Crippen molar-refractivity contribution in [2.24, 2.45) is 0 Å². The van der Waals surface area contributed by atoms with Crippen LogP contribution in [0.25, 0.3) is 0 Å². The van der Waals surface area contributed by atoms with Gasteiger partial charge in [-0.15, -0.1) is 0 Å². The van der Waals surface area contributed by atoms with Gasteiger partial charge in [0.1, 0.15) is 0 Å². The fourth-order valence-corrected chi connectivity index (χ4v) is 1.21. The first-order valence-electron chi connectivity index (χ1n) is 5.05. The van der Waals surface area contributed by atoms with Gasteiger partial charge < -0.3 is 14.2 Å². The zero-order chi connectivity index (χ0) is 12.3. The smallest absolute Gasteiger partial charge is 0.350 e. The first kappa shape index (κ1) is 17.2. The average Bonchev–Trinajstić information content (AvgIpc) is 2.27. The SMILES string of the molecule is CC.CCCOC(=O)C(F)P(O)OCC. The highest BCUT2D eigenvalue weighted by Crippen LogP contribution is 2.38. The molecule has 0 fully saturated rings. The second-order valence-electron chi connectivity index (χ2n) is 2.22. The molecule has 0 aliphatic carbocycles. The van der Waals surface area contributed by atoms with Crippen LogP contribution in [-0.2, 0) is 14.1 Å². The summed E-state index contributed by atoms with van der Waals surface area (Å²) in [6.07, 6.45) is 0.621. The zero-order valence-electron chi connectivity index (χ0n) is 9.70. The molecule has 15 heavy (non-hydrogen) atoms. The minimum absolute atomic E-state index is 0.161. The van der Waals surface area contributed by atoms with Gasteiger partial charge in [0, 0.05) is 0 Å². The van der Waals surface area contributed by atoms with E-state index < -0.39 is 20.3 Å². The zero-order valence-corrected chi connectivity index (χ0v) is 10.6. The van der Waals surface area contributed by atoms with Crippen molar-refractivity contribution >= 4 is 14.3 Å². The van der Waals surface area contributed by atoms with E-state index in [1.165, 1.54) is 0 Å². The molecule has 92 valence electrons. The third-order valence-corrected chi connectivity index (χ3v) is 2.22. The Kier molecular flexibility index (Phi) is 13.5. The monoisotopic (exact) mass is 242 g/mol. The number of carbonyl (C=O) groups is 1. The van der Waals surface area contributed by atoms with Crippen LogP contribution in [0.15, 0.2) is 0 Å². The summed E-state index contributed by atoms with van der Waals surface area (Å²) in [5.41, 5.74) is 0. The van der Waals surface area contributed by atoms with Crippen LogP contribution in [0.1, 0.15) is 34.1 Å². The van der Waals surface area contributed by atoms with Gasteiger partial charge in [-0.1, -0.05) is 20.8 Å². The fourth-order valence-electron chi connectivity index (χ4n) is 0.559. The first-order valence-corrected chi connectivity index (χ1v) is 6.33. The van der Waals surface area contributed by atoms with Gasteiger partial charge >= 0.3 is 5.97 Å². The maximum atomic E-state index is 12.9. The molecule has 0 saturated carbocycles. The molecule has 6 heteroatoms. The highest BCUT2D eigenvalue weighted by atomic mass is 31.2. The average molecular weight is 242 g/mol. The van der Waals surface area contributed by atoms with Crippen LogP contribution in [0, 0.1) is 0 Å². The van der Waals surface area contributed by atoms with Crippen LogP contribution in [-0.4, -0.2) is 30.0 Å². The molecule has 0 aromatic heterocycles. The van der Waals surface area contributed by atoms with Crippen molar-refractivity contribution in [3.05, 3.63) is 0 Å². The Balaban J connectivity index is 0. The minimum atomic E-state index is -2.34. The van der Waals surface area contributed by atoms with Crippen molar-refractivity contribution in [1.29, 1.82) is 0 Å². The topological polar surface area (TPSA) is 55.8 Å². The molecule has 0 heterocycles. The fraction of sp³-hybridized carbons (Fsp3) is 0.889. The van der Waals surface area contributed by atoms with E-state index in [0.29, 0.717) is 6.42 Å². The number of esters is 1. The molecule has 2 unspecified atom stereocenters. The molecule has 4 nitrogen and oxygen atoms in total. The van der Waals surface area contributed by atoms with Crippen molar-refractivity contribution in [3.8, 4) is 0 Å². The molecule has 0 amide bonds. The molecular formula is C9H20FO4P. The lowest BCUT2D eigenvalue weighted by Gasteiger charge is -2.12. The summed E-state index contributed by atoms with van der Waals surface area (Å²) in [6, 6.07) is 0. The summed E-state index contributed by atoms with van der Waals surface area (Å²) in [5, 5.41) is 0. The first-order chi connectivity index (χ1) is 7.13. The lowest BCUT2D eigenvalue weighted by atomic mass is 10.5. The molecule has 0 aliphatic rings. The van der Waals surface area contributed by atoms with Crippen LogP contribution < -0.4 is 0 Å². The van der Waals surface area contributed by atoms with E-state index in [1.807, 2.05) is 13.8 Å². The van der Waals surface area contributed by atoms with Gasteiger partial charge in [0.05, 0.1) is 13.2 Å². The second-order valence-corrected chi connectivity index (χ2v) is 3.54. The van der Waals surface area contributed by atoms with Crippen LogP contribution in [0.5, 0.6) is 0 Å². The quantitative estimate of drug-likeness (QED) is 0.574. The number of hydrogen-bond donors (Lipinski definition) is 1.